The molecule has 0 bridgehead atoms. The van der Waals surface area contributed by atoms with Crippen molar-refractivity contribution in [3.8, 4) is 28.6 Å². The maximum Gasteiger partial charge on any atom is 0.135 e. The Hall–Kier alpha value is -4.93. The van der Waals surface area contributed by atoms with E-state index in [1.807, 2.05) is 24.4 Å². The van der Waals surface area contributed by atoms with Gasteiger partial charge in [-0.25, -0.2) is 4.98 Å². The van der Waals surface area contributed by atoms with Gasteiger partial charge in [0.15, 0.2) is 0 Å². The molecule has 0 aliphatic carbocycles. The molecule has 0 amide bonds. The van der Waals surface area contributed by atoms with E-state index in [9.17, 15) is 0 Å². The normalized spacial score (nSPS) is 12.8. The molecule has 0 saturated carbocycles. The summed E-state index contributed by atoms with van der Waals surface area (Å²) in [6, 6.07) is 42.4. The zero-order valence-electron chi connectivity index (χ0n) is 26.5. The monoisotopic (exact) mass is 793 g/mol. The molecule has 0 N–H and O–H groups in total. The van der Waals surface area contributed by atoms with Gasteiger partial charge in [0.05, 0.1) is 0 Å². The van der Waals surface area contributed by atoms with Crippen molar-refractivity contribution < 1.29 is 25.8 Å². The minimum absolute atomic E-state index is 0. The molecule has 8 rings (SSSR count). The van der Waals surface area contributed by atoms with E-state index in [0.717, 1.165) is 44.7 Å². The average molecular weight is 794 g/mol. The van der Waals surface area contributed by atoms with Crippen LogP contribution in [0.5, 0.6) is 11.6 Å². The largest absolute Gasteiger partial charge is 0.503 e. The smallest absolute Gasteiger partial charge is 0.135 e. The summed E-state index contributed by atoms with van der Waals surface area (Å²) in [5.41, 5.74) is 8.55. The Bertz CT molecular complexity index is 2240. The van der Waals surface area contributed by atoms with Gasteiger partial charge >= 0.3 is 0 Å². The van der Waals surface area contributed by atoms with E-state index in [1.165, 1.54) is 16.7 Å². The molecule has 3 aromatic heterocycles. The SMILES string of the molecule is CN1[CH-]N(c2[c-]c(Oc3[c-]c4c(cc3)c3ccccc3n4-c3cc(C(C)(C)C)ccn3)ncc2)c2cccc(-c3ccccc3)c21.[Pt]. The predicted molar refractivity (Wildman–Crippen MR) is 186 cm³/mol. The first-order valence-electron chi connectivity index (χ1n) is 15.4. The molecule has 4 heterocycles. The number of hydrogen-bond acceptors (Lipinski definition) is 5. The molecule has 0 atom stereocenters. The third-order valence-electron chi connectivity index (χ3n) is 8.52. The van der Waals surface area contributed by atoms with Gasteiger partial charge in [-0.2, -0.15) is 30.6 Å². The fraction of sp³-hybridized carbons (Fsp3) is 0.125. The second-order valence-electron chi connectivity index (χ2n) is 12.6. The summed E-state index contributed by atoms with van der Waals surface area (Å²) in [5, 5.41) is 2.22. The molecule has 0 radical (unpaired) electrons. The quantitative estimate of drug-likeness (QED) is 0.163. The van der Waals surface area contributed by atoms with E-state index in [0.29, 0.717) is 11.6 Å². The van der Waals surface area contributed by atoms with Crippen LogP contribution in [-0.4, -0.2) is 21.6 Å². The van der Waals surface area contributed by atoms with Crippen molar-refractivity contribution in [3.63, 3.8) is 0 Å². The van der Waals surface area contributed by atoms with Gasteiger partial charge in [-0.3, -0.25) is 4.98 Å². The Kier molecular flexibility index (Phi) is 7.85. The molecule has 236 valence electrons. The van der Waals surface area contributed by atoms with E-state index in [-0.39, 0.29) is 26.5 Å². The van der Waals surface area contributed by atoms with Gasteiger partial charge in [0.2, 0.25) is 0 Å². The van der Waals surface area contributed by atoms with Gasteiger partial charge in [0.25, 0.3) is 0 Å². The zero-order chi connectivity index (χ0) is 31.4. The van der Waals surface area contributed by atoms with Gasteiger partial charge in [0.1, 0.15) is 11.7 Å². The van der Waals surface area contributed by atoms with Gasteiger partial charge in [-0.05, 0) is 59.4 Å². The molecule has 0 saturated heterocycles. The Morgan fingerprint density at radius 1 is 0.766 bits per heavy atom. The molecule has 0 unspecified atom stereocenters. The fourth-order valence-electron chi connectivity index (χ4n) is 6.27. The van der Waals surface area contributed by atoms with Crippen LogP contribution in [-0.2, 0) is 26.5 Å². The van der Waals surface area contributed by atoms with Crippen LogP contribution >= 0.6 is 0 Å². The van der Waals surface area contributed by atoms with Crippen LogP contribution in [0.2, 0.25) is 0 Å². The molecule has 6 nitrogen and oxygen atoms in total. The summed E-state index contributed by atoms with van der Waals surface area (Å²) in [5.74, 6) is 1.77. The van der Waals surface area contributed by atoms with Gasteiger partial charge < -0.3 is 19.1 Å². The van der Waals surface area contributed by atoms with Crippen molar-refractivity contribution in [1.82, 2.24) is 14.5 Å². The topological polar surface area (TPSA) is 46.4 Å². The molecular weight excluding hydrogens is 762 g/mol. The van der Waals surface area contributed by atoms with E-state index >= 15 is 0 Å². The maximum atomic E-state index is 6.35. The first-order valence-corrected chi connectivity index (χ1v) is 15.4. The number of anilines is 3. The molecule has 0 fully saturated rings. The third-order valence-corrected chi connectivity index (χ3v) is 8.52. The number of fused-ring (bicyclic) bond motifs is 4. The van der Waals surface area contributed by atoms with Crippen LogP contribution in [0.25, 0.3) is 38.8 Å². The number of hydrogen-bond donors (Lipinski definition) is 0. The van der Waals surface area contributed by atoms with E-state index in [2.05, 4.69) is 151 Å². The number of nitrogens with zero attached hydrogens (tertiary/aromatic N) is 5. The summed E-state index contributed by atoms with van der Waals surface area (Å²) in [6.07, 6.45) is 3.64. The van der Waals surface area contributed by atoms with Crippen molar-refractivity contribution >= 4 is 38.9 Å². The summed E-state index contributed by atoms with van der Waals surface area (Å²) in [6.45, 7) is 8.72. The second-order valence-corrected chi connectivity index (χ2v) is 12.6. The van der Waals surface area contributed by atoms with Crippen LogP contribution in [0.4, 0.5) is 17.1 Å². The van der Waals surface area contributed by atoms with E-state index in [1.54, 1.807) is 6.20 Å². The maximum absolute atomic E-state index is 6.35. The first kappa shape index (κ1) is 30.7. The van der Waals surface area contributed by atoms with Gasteiger partial charge in [-0.1, -0.05) is 87.0 Å². The molecule has 4 aromatic carbocycles. The number of ether oxygens (including phenoxy) is 1. The number of aromatic nitrogens is 3. The molecular formula is C40H32N5OPt-3. The van der Waals surface area contributed by atoms with E-state index < -0.39 is 0 Å². The Morgan fingerprint density at radius 3 is 2.38 bits per heavy atom. The van der Waals surface area contributed by atoms with Crippen molar-refractivity contribution in [2.45, 2.75) is 26.2 Å². The van der Waals surface area contributed by atoms with Gasteiger partial charge in [-0.15, -0.1) is 17.5 Å². The van der Waals surface area contributed by atoms with Gasteiger partial charge in [0, 0.05) is 55.5 Å². The van der Waals surface area contributed by atoms with Crippen molar-refractivity contribution in [2.24, 2.45) is 0 Å². The van der Waals surface area contributed by atoms with Crippen LogP contribution in [0, 0.1) is 18.8 Å². The number of para-hydroxylation sites is 2. The Labute approximate surface area is 289 Å². The Balaban J connectivity index is 0.00000351. The van der Waals surface area contributed by atoms with Crippen LogP contribution in [0.1, 0.15) is 26.3 Å². The fourth-order valence-corrected chi connectivity index (χ4v) is 6.27. The molecule has 47 heavy (non-hydrogen) atoms. The molecule has 1 aliphatic heterocycles. The van der Waals surface area contributed by atoms with Crippen LogP contribution in [0.3, 0.4) is 0 Å². The van der Waals surface area contributed by atoms with Crippen molar-refractivity contribution in [1.29, 1.82) is 0 Å². The zero-order valence-corrected chi connectivity index (χ0v) is 28.8. The standard InChI is InChI=1S/C40H32N5O.Pt/c1-40(2,3)28-19-21-41-37(23-28)45-34-15-9-8-13-32(34)33-18-17-30(25-36(33)45)46-38-24-29(20-22-42-38)44-26-43(4)39-31(14-10-16-35(39)44)27-11-6-5-7-12-27;/h5-23,26H,1-4H3;/q-3;. The van der Waals surface area contributed by atoms with E-state index in [4.69, 9.17) is 9.72 Å². The minimum atomic E-state index is -0.00778. The third kappa shape index (κ3) is 5.47. The van der Waals surface area contributed by atoms with Crippen LogP contribution < -0.4 is 14.5 Å². The molecule has 7 heteroatoms. The predicted octanol–water partition coefficient (Wildman–Crippen LogP) is 9.64. The first-order chi connectivity index (χ1) is 22.3. The molecule has 7 aromatic rings. The van der Waals surface area contributed by atoms with Crippen molar-refractivity contribution in [3.05, 3.63) is 140 Å². The summed E-state index contributed by atoms with van der Waals surface area (Å²) >= 11 is 0. The number of rotatable bonds is 5. The average Bonchev–Trinajstić information content (AvgIpc) is 3.59. The summed E-state index contributed by atoms with van der Waals surface area (Å²) < 4.78 is 8.51. The Morgan fingerprint density at radius 2 is 1.55 bits per heavy atom. The molecule has 1 aliphatic rings. The van der Waals surface area contributed by atoms with Crippen molar-refractivity contribution in [2.75, 3.05) is 16.8 Å². The second kappa shape index (κ2) is 12.0. The number of benzene rings is 4. The van der Waals surface area contributed by atoms with Crippen LogP contribution in [0.15, 0.2) is 116 Å². The minimum Gasteiger partial charge on any atom is -0.503 e. The summed E-state index contributed by atoms with van der Waals surface area (Å²) in [7, 11) is 2.07. The molecule has 0 spiro atoms. The summed E-state index contributed by atoms with van der Waals surface area (Å²) in [4.78, 5) is 13.6. The number of pyridine rings is 2.